The van der Waals surface area contributed by atoms with Crippen molar-refractivity contribution in [2.75, 3.05) is 37.0 Å². The van der Waals surface area contributed by atoms with Gasteiger partial charge in [0.15, 0.2) is 0 Å². The minimum Gasteiger partial charge on any atom is -0.462 e. The van der Waals surface area contributed by atoms with Gasteiger partial charge in [-0.3, -0.25) is 0 Å². The third-order valence-electron chi connectivity index (χ3n) is 3.39. The van der Waals surface area contributed by atoms with Gasteiger partial charge in [-0.05, 0) is 37.5 Å². The number of esters is 1. The van der Waals surface area contributed by atoms with Gasteiger partial charge < -0.3 is 15.0 Å². The maximum atomic E-state index is 12.2. The molecule has 0 atom stereocenters. The van der Waals surface area contributed by atoms with Gasteiger partial charge in [-0.25, -0.2) is 4.79 Å². The number of ether oxygens (including phenoxy) is 1. The smallest absolute Gasteiger partial charge is 0.340 e. The summed E-state index contributed by atoms with van der Waals surface area (Å²) in [6.45, 7) is 4.51. The number of benzene rings is 1. The Morgan fingerprint density at radius 2 is 2.11 bits per heavy atom. The lowest BCUT2D eigenvalue weighted by atomic mass is 10.1. The van der Waals surface area contributed by atoms with Crippen LogP contribution in [0.1, 0.15) is 36.5 Å². The second-order valence-electron chi connectivity index (χ2n) is 4.81. The van der Waals surface area contributed by atoms with Crippen LogP contribution in [0.2, 0.25) is 0 Å². The minimum absolute atomic E-state index is 0.221. The molecule has 1 aromatic rings. The van der Waals surface area contributed by atoms with Crippen molar-refractivity contribution in [2.24, 2.45) is 0 Å². The van der Waals surface area contributed by atoms with Gasteiger partial charge in [-0.2, -0.15) is 0 Å². The number of carbonyl (C=O) groups is 1. The number of nitrogens with one attached hydrogen (secondary N) is 1. The molecular weight excluding hydrogens is 240 g/mol. The average molecular weight is 262 g/mol. The summed E-state index contributed by atoms with van der Waals surface area (Å²) in [4.78, 5) is 14.4. The molecule has 4 heteroatoms. The molecule has 1 heterocycles. The van der Waals surface area contributed by atoms with Crippen molar-refractivity contribution in [1.82, 2.24) is 0 Å². The van der Waals surface area contributed by atoms with E-state index in [1.807, 2.05) is 32.2 Å². The van der Waals surface area contributed by atoms with Crippen LogP contribution in [-0.4, -0.2) is 32.7 Å². The maximum absolute atomic E-state index is 12.2. The number of carbonyl (C=O) groups excluding carboxylic acids is 1. The average Bonchev–Trinajstić information content (AvgIpc) is 2.98. The van der Waals surface area contributed by atoms with E-state index in [0.29, 0.717) is 12.2 Å². The lowest BCUT2D eigenvalue weighted by Crippen LogP contribution is -2.21. The molecular formula is C15H22N2O2. The van der Waals surface area contributed by atoms with Gasteiger partial charge in [0.25, 0.3) is 0 Å². The number of hydrogen-bond donors (Lipinski definition) is 1. The molecule has 0 aliphatic carbocycles. The second kappa shape index (κ2) is 6.45. The first-order valence-corrected chi connectivity index (χ1v) is 7.00. The second-order valence-corrected chi connectivity index (χ2v) is 4.81. The van der Waals surface area contributed by atoms with Crippen LogP contribution < -0.4 is 10.2 Å². The lowest BCUT2D eigenvalue weighted by Gasteiger charge is -2.21. The van der Waals surface area contributed by atoms with E-state index in [-0.39, 0.29) is 5.97 Å². The summed E-state index contributed by atoms with van der Waals surface area (Å²) < 4.78 is 5.28. The molecule has 1 aliphatic rings. The summed E-state index contributed by atoms with van der Waals surface area (Å²) >= 11 is 0. The Kier molecular flexibility index (Phi) is 4.66. The Balaban J connectivity index is 2.27. The first kappa shape index (κ1) is 13.7. The fraction of sp³-hybridized carbons (Fsp3) is 0.533. The zero-order valence-corrected chi connectivity index (χ0v) is 11.7. The molecule has 4 nitrogen and oxygen atoms in total. The van der Waals surface area contributed by atoms with E-state index in [4.69, 9.17) is 4.74 Å². The van der Waals surface area contributed by atoms with Crippen LogP contribution in [-0.2, 0) is 4.74 Å². The normalized spacial score (nSPS) is 14.5. The van der Waals surface area contributed by atoms with Crippen molar-refractivity contribution in [2.45, 2.75) is 26.2 Å². The highest BCUT2D eigenvalue weighted by Gasteiger charge is 2.20. The molecule has 0 unspecified atom stereocenters. The number of anilines is 2. The Hall–Kier alpha value is -1.71. The van der Waals surface area contributed by atoms with Crippen molar-refractivity contribution in [3.8, 4) is 0 Å². The Morgan fingerprint density at radius 3 is 2.74 bits per heavy atom. The highest BCUT2D eigenvalue weighted by molar-refractivity contribution is 5.97. The van der Waals surface area contributed by atoms with Crippen molar-refractivity contribution < 1.29 is 9.53 Å². The van der Waals surface area contributed by atoms with Gasteiger partial charge in [-0.15, -0.1) is 0 Å². The van der Waals surface area contributed by atoms with Crippen molar-refractivity contribution in [3.63, 3.8) is 0 Å². The maximum Gasteiger partial charge on any atom is 0.340 e. The molecule has 0 spiro atoms. The first-order chi connectivity index (χ1) is 9.26. The highest BCUT2D eigenvalue weighted by Crippen LogP contribution is 2.28. The molecule has 1 aliphatic heterocycles. The third-order valence-corrected chi connectivity index (χ3v) is 3.39. The van der Waals surface area contributed by atoms with Crippen molar-refractivity contribution >= 4 is 17.3 Å². The molecule has 1 N–H and O–H groups in total. The summed E-state index contributed by atoms with van der Waals surface area (Å²) in [6, 6.07) is 5.90. The molecule has 104 valence electrons. The number of nitrogens with zero attached hydrogens (tertiary/aromatic N) is 1. The molecule has 0 amide bonds. The monoisotopic (exact) mass is 262 g/mol. The number of rotatable bonds is 5. The fourth-order valence-electron chi connectivity index (χ4n) is 2.36. The molecule has 0 radical (unpaired) electrons. The quantitative estimate of drug-likeness (QED) is 0.828. The van der Waals surface area contributed by atoms with E-state index >= 15 is 0 Å². The molecule has 19 heavy (non-hydrogen) atoms. The Labute approximate surface area is 114 Å². The van der Waals surface area contributed by atoms with E-state index in [0.717, 1.165) is 30.9 Å². The molecule has 0 saturated carbocycles. The topological polar surface area (TPSA) is 41.6 Å². The van der Waals surface area contributed by atoms with Crippen molar-refractivity contribution in [3.05, 3.63) is 23.8 Å². The Bertz CT molecular complexity index is 440. The van der Waals surface area contributed by atoms with Gasteiger partial charge in [0.05, 0.1) is 17.9 Å². The highest BCUT2D eigenvalue weighted by atomic mass is 16.5. The zero-order chi connectivity index (χ0) is 13.7. The lowest BCUT2D eigenvalue weighted by molar-refractivity contribution is 0.0506. The zero-order valence-electron chi connectivity index (χ0n) is 11.7. The first-order valence-electron chi connectivity index (χ1n) is 7.00. The van der Waals surface area contributed by atoms with Crippen LogP contribution in [0, 0.1) is 0 Å². The predicted octanol–water partition coefficient (Wildman–Crippen LogP) is 2.90. The van der Waals surface area contributed by atoms with Crippen LogP contribution in [0.15, 0.2) is 18.2 Å². The molecule has 1 fully saturated rings. The standard InChI is InChI=1S/C15H22N2O2/c1-3-10-19-15(18)13-11-12(16-2)6-7-14(13)17-8-4-5-9-17/h6-7,11,16H,3-5,8-10H2,1-2H3. The van der Waals surface area contributed by atoms with Crippen LogP contribution in [0.5, 0.6) is 0 Å². The summed E-state index contributed by atoms with van der Waals surface area (Å²) in [7, 11) is 1.85. The van der Waals surface area contributed by atoms with Gasteiger partial charge >= 0.3 is 5.97 Å². The van der Waals surface area contributed by atoms with Gasteiger partial charge in [0, 0.05) is 25.8 Å². The van der Waals surface area contributed by atoms with Crippen LogP contribution in [0.25, 0.3) is 0 Å². The van der Waals surface area contributed by atoms with Crippen LogP contribution in [0.4, 0.5) is 11.4 Å². The summed E-state index contributed by atoms with van der Waals surface area (Å²) in [5.41, 5.74) is 2.60. The summed E-state index contributed by atoms with van der Waals surface area (Å²) in [5.74, 6) is -0.221. The van der Waals surface area contributed by atoms with Gasteiger partial charge in [0.1, 0.15) is 0 Å². The molecule has 2 rings (SSSR count). The van der Waals surface area contributed by atoms with Gasteiger partial charge in [-0.1, -0.05) is 6.92 Å². The van der Waals surface area contributed by atoms with E-state index < -0.39 is 0 Å². The molecule has 1 aromatic carbocycles. The van der Waals surface area contributed by atoms with E-state index in [9.17, 15) is 4.79 Å². The molecule has 0 bridgehead atoms. The summed E-state index contributed by atoms with van der Waals surface area (Å²) in [5, 5.41) is 3.07. The van der Waals surface area contributed by atoms with E-state index in [1.165, 1.54) is 12.8 Å². The van der Waals surface area contributed by atoms with Crippen LogP contribution in [0.3, 0.4) is 0 Å². The Morgan fingerprint density at radius 1 is 1.37 bits per heavy atom. The van der Waals surface area contributed by atoms with Gasteiger partial charge in [0.2, 0.25) is 0 Å². The van der Waals surface area contributed by atoms with E-state index in [2.05, 4.69) is 10.2 Å². The van der Waals surface area contributed by atoms with Crippen LogP contribution >= 0.6 is 0 Å². The fourth-order valence-corrected chi connectivity index (χ4v) is 2.36. The predicted molar refractivity (Wildman–Crippen MR) is 78.0 cm³/mol. The third kappa shape index (κ3) is 3.19. The SMILES string of the molecule is CCCOC(=O)c1cc(NC)ccc1N1CCCC1. The number of hydrogen-bond acceptors (Lipinski definition) is 4. The van der Waals surface area contributed by atoms with Crippen molar-refractivity contribution in [1.29, 1.82) is 0 Å². The summed E-state index contributed by atoms with van der Waals surface area (Å²) in [6.07, 6.45) is 3.23. The van der Waals surface area contributed by atoms with E-state index in [1.54, 1.807) is 0 Å². The molecule has 0 aromatic heterocycles. The largest absolute Gasteiger partial charge is 0.462 e. The minimum atomic E-state index is -0.221. The molecule has 1 saturated heterocycles.